The second-order valence-electron chi connectivity index (χ2n) is 5.75. The van der Waals surface area contributed by atoms with Gasteiger partial charge in [0.1, 0.15) is 6.61 Å². The van der Waals surface area contributed by atoms with E-state index in [9.17, 15) is 4.79 Å². The molecule has 0 radical (unpaired) electrons. The first-order chi connectivity index (χ1) is 9.46. The third-order valence-electron chi connectivity index (χ3n) is 2.97. The summed E-state index contributed by atoms with van der Waals surface area (Å²) in [6.45, 7) is 5.46. The van der Waals surface area contributed by atoms with E-state index in [1.165, 1.54) is 0 Å². The Balaban J connectivity index is 1.94. The van der Waals surface area contributed by atoms with Crippen LogP contribution in [0.5, 0.6) is 0 Å². The largest absolute Gasteiger partial charge is 0.480 e. The third kappa shape index (κ3) is 4.30. The Morgan fingerprint density at radius 1 is 1.40 bits per heavy atom. The number of hydrogen-bond acceptors (Lipinski definition) is 4. The Labute approximate surface area is 118 Å². The smallest absolute Gasteiger partial charge is 0.329 e. The summed E-state index contributed by atoms with van der Waals surface area (Å²) in [5.41, 5.74) is 1.87. The Morgan fingerprint density at radius 2 is 2.10 bits per heavy atom. The minimum Gasteiger partial charge on any atom is -0.480 e. The van der Waals surface area contributed by atoms with Gasteiger partial charge in [0.15, 0.2) is 6.29 Å². The van der Waals surface area contributed by atoms with Gasteiger partial charge in [-0.1, -0.05) is 32.0 Å². The van der Waals surface area contributed by atoms with Gasteiger partial charge in [-0.25, -0.2) is 4.79 Å². The molecule has 5 nitrogen and oxygen atoms in total. The zero-order chi connectivity index (χ0) is 14.6. The summed E-state index contributed by atoms with van der Waals surface area (Å²) < 4.78 is 16.5. The predicted molar refractivity (Wildman–Crippen MR) is 72.2 cm³/mol. The van der Waals surface area contributed by atoms with Crippen LogP contribution in [0.4, 0.5) is 0 Å². The van der Waals surface area contributed by atoms with E-state index in [2.05, 4.69) is 13.8 Å². The molecule has 5 heteroatoms. The Kier molecular flexibility index (Phi) is 4.75. The first kappa shape index (κ1) is 15.0. The summed E-state index contributed by atoms with van der Waals surface area (Å²) in [4.78, 5) is 10.4. The van der Waals surface area contributed by atoms with E-state index in [0.717, 1.165) is 11.1 Å². The molecule has 20 heavy (non-hydrogen) atoms. The van der Waals surface area contributed by atoms with Gasteiger partial charge in [0.2, 0.25) is 0 Å². The maximum Gasteiger partial charge on any atom is 0.329 e. The van der Waals surface area contributed by atoms with Crippen molar-refractivity contribution in [3.05, 3.63) is 35.4 Å². The van der Waals surface area contributed by atoms with Gasteiger partial charge in [-0.2, -0.15) is 0 Å². The van der Waals surface area contributed by atoms with Crippen LogP contribution in [0.15, 0.2) is 24.3 Å². The summed E-state index contributed by atoms with van der Waals surface area (Å²) in [6.07, 6.45) is -0.359. The van der Waals surface area contributed by atoms with Gasteiger partial charge < -0.3 is 19.3 Å². The first-order valence-electron chi connectivity index (χ1n) is 6.58. The van der Waals surface area contributed by atoms with Crippen LogP contribution in [0, 0.1) is 5.41 Å². The fraction of sp³-hybridized carbons (Fsp3) is 0.533. The van der Waals surface area contributed by atoms with Crippen LogP contribution >= 0.6 is 0 Å². The van der Waals surface area contributed by atoms with Crippen LogP contribution in [0.3, 0.4) is 0 Å². The average molecular weight is 280 g/mol. The van der Waals surface area contributed by atoms with Crippen molar-refractivity contribution in [3.8, 4) is 0 Å². The van der Waals surface area contributed by atoms with Crippen LogP contribution in [-0.4, -0.2) is 30.9 Å². The monoisotopic (exact) mass is 280 g/mol. The van der Waals surface area contributed by atoms with Gasteiger partial charge in [0, 0.05) is 11.0 Å². The Morgan fingerprint density at radius 3 is 2.75 bits per heavy atom. The summed E-state index contributed by atoms with van der Waals surface area (Å²) in [5.74, 6) is -0.970. The van der Waals surface area contributed by atoms with Gasteiger partial charge in [0.05, 0.1) is 19.8 Å². The van der Waals surface area contributed by atoms with E-state index < -0.39 is 5.97 Å². The summed E-state index contributed by atoms with van der Waals surface area (Å²) in [5, 5.41) is 8.53. The fourth-order valence-electron chi connectivity index (χ4n) is 1.97. The maximum absolute atomic E-state index is 10.4. The lowest BCUT2D eigenvalue weighted by Gasteiger charge is -2.34. The highest BCUT2D eigenvalue weighted by Crippen LogP contribution is 2.31. The molecular formula is C15H20O5. The van der Waals surface area contributed by atoms with Gasteiger partial charge in [0.25, 0.3) is 0 Å². The number of carboxylic acid groups (broad SMARTS) is 1. The second kappa shape index (κ2) is 6.35. The highest BCUT2D eigenvalue weighted by atomic mass is 16.7. The van der Waals surface area contributed by atoms with Crippen LogP contribution in [0.2, 0.25) is 0 Å². The molecule has 1 N–H and O–H groups in total. The van der Waals surface area contributed by atoms with E-state index in [1.54, 1.807) is 0 Å². The molecule has 0 bridgehead atoms. The molecule has 1 aliphatic rings. The molecule has 0 unspecified atom stereocenters. The molecule has 0 amide bonds. The van der Waals surface area contributed by atoms with E-state index in [4.69, 9.17) is 19.3 Å². The number of ether oxygens (including phenoxy) is 3. The van der Waals surface area contributed by atoms with Crippen molar-refractivity contribution in [3.63, 3.8) is 0 Å². The van der Waals surface area contributed by atoms with Crippen LogP contribution in [0.1, 0.15) is 31.3 Å². The molecule has 0 aromatic heterocycles. The number of carboxylic acids is 1. The zero-order valence-corrected chi connectivity index (χ0v) is 11.8. The Hall–Kier alpha value is -1.43. The van der Waals surface area contributed by atoms with Crippen LogP contribution < -0.4 is 0 Å². The van der Waals surface area contributed by atoms with Crippen molar-refractivity contribution in [1.29, 1.82) is 0 Å². The highest BCUT2D eigenvalue weighted by molar-refractivity contribution is 5.67. The van der Waals surface area contributed by atoms with Gasteiger partial charge >= 0.3 is 5.97 Å². The lowest BCUT2D eigenvalue weighted by atomic mass is 9.95. The lowest BCUT2D eigenvalue weighted by Crippen LogP contribution is -2.33. The van der Waals surface area contributed by atoms with Gasteiger partial charge in [-0.15, -0.1) is 0 Å². The molecule has 1 saturated heterocycles. The maximum atomic E-state index is 10.4. The van der Waals surface area contributed by atoms with E-state index >= 15 is 0 Å². The predicted octanol–water partition coefficient (Wildman–Crippen LogP) is 2.36. The molecule has 1 fully saturated rings. The molecule has 0 spiro atoms. The van der Waals surface area contributed by atoms with Gasteiger partial charge in [-0.05, 0) is 11.6 Å². The Bertz CT molecular complexity index is 459. The minimum absolute atomic E-state index is 0.0404. The van der Waals surface area contributed by atoms with Crippen LogP contribution in [-0.2, 0) is 25.6 Å². The molecule has 0 aliphatic carbocycles. The van der Waals surface area contributed by atoms with Crippen LogP contribution in [0.25, 0.3) is 0 Å². The highest BCUT2D eigenvalue weighted by Gasteiger charge is 2.29. The molecule has 110 valence electrons. The molecular weight excluding hydrogens is 260 g/mol. The fourth-order valence-corrected chi connectivity index (χ4v) is 1.97. The molecule has 0 saturated carbocycles. The van der Waals surface area contributed by atoms with E-state index in [-0.39, 0.29) is 24.9 Å². The normalized spacial score (nSPS) is 18.9. The van der Waals surface area contributed by atoms with Crippen molar-refractivity contribution >= 4 is 5.97 Å². The number of hydrogen-bond donors (Lipinski definition) is 1. The van der Waals surface area contributed by atoms with E-state index in [0.29, 0.717) is 13.2 Å². The molecule has 2 rings (SSSR count). The number of benzene rings is 1. The van der Waals surface area contributed by atoms with Crippen molar-refractivity contribution in [2.75, 3.05) is 19.8 Å². The topological polar surface area (TPSA) is 65.0 Å². The lowest BCUT2D eigenvalue weighted by molar-refractivity contribution is -0.226. The molecule has 1 aromatic carbocycles. The molecule has 0 atom stereocenters. The van der Waals surface area contributed by atoms with Crippen molar-refractivity contribution < 1.29 is 24.1 Å². The molecule has 1 aliphatic heterocycles. The second-order valence-corrected chi connectivity index (χ2v) is 5.75. The molecule has 1 aromatic rings. The molecule has 1 heterocycles. The average Bonchev–Trinajstić information content (AvgIpc) is 2.38. The zero-order valence-electron chi connectivity index (χ0n) is 11.8. The SMILES string of the molecule is CC1(C)COC(c2cccc(COCC(=O)O)c2)OC1. The third-order valence-corrected chi connectivity index (χ3v) is 2.97. The minimum atomic E-state index is -0.970. The standard InChI is InChI=1S/C15H20O5/c1-15(2)9-19-14(20-10-15)12-5-3-4-11(6-12)7-18-8-13(16)17/h3-6,14H,7-10H2,1-2H3,(H,16,17). The van der Waals surface area contributed by atoms with Gasteiger partial charge in [-0.3, -0.25) is 0 Å². The quantitative estimate of drug-likeness (QED) is 0.897. The number of aliphatic carboxylic acids is 1. The van der Waals surface area contributed by atoms with Crippen molar-refractivity contribution in [1.82, 2.24) is 0 Å². The number of carbonyl (C=O) groups is 1. The summed E-state index contributed by atoms with van der Waals surface area (Å²) >= 11 is 0. The first-order valence-corrected chi connectivity index (χ1v) is 6.58. The van der Waals surface area contributed by atoms with E-state index in [1.807, 2.05) is 24.3 Å². The van der Waals surface area contributed by atoms with Crippen molar-refractivity contribution in [2.24, 2.45) is 5.41 Å². The van der Waals surface area contributed by atoms with Crippen molar-refractivity contribution in [2.45, 2.75) is 26.7 Å². The number of rotatable bonds is 5. The summed E-state index contributed by atoms with van der Waals surface area (Å²) in [6, 6.07) is 7.63. The summed E-state index contributed by atoms with van der Waals surface area (Å²) in [7, 11) is 0.